The predicted molar refractivity (Wildman–Crippen MR) is 63.2 cm³/mol. The van der Waals surface area contributed by atoms with E-state index in [1.54, 1.807) is 24.3 Å². The van der Waals surface area contributed by atoms with Gasteiger partial charge in [0.05, 0.1) is 0 Å². The molecule has 1 aromatic rings. The highest BCUT2D eigenvalue weighted by molar-refractivity contribution is 6.30. The van der Waals surface area contributed by atoms with Crippen LogP contribution in [0.15, 0.2) is 24.3 Å². The topological polar surface area (TPSA) is 29.1 Å². The molecule has 0 heterocycles. The maximum atomic E-state index is 11.7. The van der Waals surface area contributed by atoms with Crippen LogP contribution >= 0.6 is 11.6 Å². The summed E-state index contributed by atoms with van der Waals surface area (Å²) in [6.07, 6.45) is 0. The molecule has 0 radical (unpaired) electrons. The summed E-state index contributed by atoms with van der Waals surface area (Å²) < 4.78 is 0. The van der Waals surface area contributed by atoms with Crippen LogP contribution in [0.2, 0.25) is 5.02 Å². The lowest BCUT2D eigenvalue weighted by Crippen LogP contribution is -2.36. The van der Waals surface area contributed by atoms with Crippen LogP contribution in [0.25, 0.3) is 0 Å². The average Bonchev–Trinajstić information content (AvgIpc) is 2.17. The van der Waals surface area contributed by atoms with E-state index in [-0.39, 0.29) is 11.9 Å². The zero-order chi connectivity index (χ0) is 11.4. The Labute approximate surface area is 95.6 Å². The molecule has 0 aliphatic rings. The fraction of sp³-hybridized carbons (Fsp3) is 0.417. The van der Waals surface area contributed by atoms with Crippen LogP contribution in [-0.2, 0) is 0 Å². The van der Waals surface area contributed by atoms with Crippen LogP contribution in [0.3, 0.4) is 0 Å². The zero-order valence-corrected chi connectivity index (χ0v) is 10.0. The van der Waals surface area contributed by atoms with Gasteiger partial charge in [0.2, 0.25) is 0 Å². The van der Waals surface area contributed by atoms with Crippen LogP contribution in [0.4, 0.5) is 0 Å². The molecule has 0 saturated carbocycles. The second-order valence-corrected chi connectivity index (χ2v) is 4.45. The summed E-state index contributed by atoms with van der Waals surface area (Å²) in [4.78, 5) is 11.7. The lowest BCUT2D eigenvalue weighted by atomic mass is 10.1. The van der Waals surface area contributed by atoms with Crippen molar-refractivity contribution in [3.8, 4) is 0 Å². The Hall–Kier alpha value is -1.02. The van der Waals surface area contributed by atoms with E-state index in [2.05, 4.69) is 19.2 Å². The minimum Gasteiger partial charge on any atom is -0.349 e. The van der Waals surface area contributed by atoms with Crippen molar-refractivity contribution in [1.29, 1.82) is 0 Å². The third-order valence-electron chi connectivity index (χ3n) is 2.45. The Balaban J connectivity index is 2.69. The first-order valence-corrected chi connectivity index (χ1v) is 5.45. The molecule has 1 aromatic carbocycles. The highest BCUT2D eigenvalue weighted by Crippen LogP contribution is 2.11. The van der Waals surface area contributed by atoms with Gasteiger partial charge in [-0.25, -0.2) is 0 Å². The maximum absolute atomic E-state index is 11.7. The van der Waals surface area contributed by atoms with E-state index in [1.165, 1.54) is 0 Å². The Kier molecular flexibility index (Phi) is 4.15. The van der Waals surface area contributed by atoms with E-state index < -0.39 is 0 Å². The molecule has 0 fully saturated rings. The van der Waals surface area contributed by atoms with Crippen molar-refractivity contribution >= 4 is 17.5 Å². The van der Waals surface area contributed by atoms with Gasteiger partial charge in [0.1, 0.15) is 0 Å². The molecule has 1 N–H and O–H groups in total. The molecule has 0 aliphatic carbocycles. The van der Waals surface area contributed by atoms with Gasteiger partial charge in [-0.15, -0.1) is 0 Å². The van der Waals surface area contributed by atoms with Crippen molar-refractivity contribution in [2.75, 3.05) is 0 Å². The van der Waals surface area contributed by atoms with Crippen molar-refractivity contribution in [2.24, 2.45) is 5.92 Å². The molecular weight excluding hydrogens is 210 g/mol. The van der Waals surface area contributed by atoms with Gasteiger partial charge < -0.3 is 5.32 Å². The molecule has 15 heavy (non-hydrogen) atoms. The predicted octanol–water partition coefficient (Wildman–Crippen LogP) is 3.11. The average molecular weight is 226 g/mol. The van der Waals surface area contributed by atoms with Crippen molar-refractivity contribution in [3.05, 3.63) is 34.9 Å². The van der Waals surface area contributed by atoms with E-state index in [1.807, 2.05) is 6.92 Å². The van der Waals surface area contributed by atoms with Gasteiger partial charge in [-0.3, -0.25) is 4.79 Å². The molecule has 0 spiro atoms. The number of amides is 1. The van der Waals surface area contributed by atoms with E-state index in [0.717, 1.165) is 0 Å². The number of carbonyl (C=O) groups excluding carboxylic acids is 1. The first-order valence-electron chi connectivity index (χ1n) is 5.07. The molecule has 0 unspecified atom stereocenters. The molecule has 1 rings (SSSR count). The summed E-state index contributed by atoms with van der Waals surface area (Å²) in [7, 11) is 0. The molecule has 0 aliphatic heterocycles. The molecular formula is C12H16ClNO. The number of hydrogen-bond acceptors (Lipinski definition) is 1. The number of rotatable bonds is 3. The van der Waals surface area contributed by atoms with Crippen LogP contribution in [0.5, 0.6) is 0 Å². The molecule has 1 amide bonds. The van der Waals surface area contributed by atoms with E-state index >= 15 is 0 Å². The number of nitrogens with one attached hydrogen (secondary N) is 1. The smallest absolute Gasteiger partial charge is 0.251 e. The zero-order valence-electron chi connectivity index (χ0n) is 9.25. The monoisotopic (exact) mass is 225 g/mol. The van der Waals surface area contributed by atoms with Crippen LogP contribution < -0.4 is 5.32 Å². The molecule has 1 atom stereocenters. The van der Waals surface area contributed by atoms with Gasteiger partial charge in [-0.2, -0.15) is 0 Å². The minimum absolute atomic E-state index is 0.0706. The second kappa shape index (κ2) is 5.17. The highest BCUT2D eigenvalue weighted by Gasteiger charge is 2.12. The Bertz CT molecular complexity index is 349. The third kappa shape index (κ3) is 3.56. The van der Waals surface area contributed by atoms with Gasteiger partial charge in [0.25, 0.3) is 5.91 Å². The number of benzene rings is 1. The van der Waals surface area contributed by atoms with Gasteiger partial charge >= 0.3 is 0 Å². The van der Waals surface area contributed by atoms with Gasteiger partial charge in [-0.05, 0) is 31.0 Å². The SMILES string of the molecule is CC(C)[C@H](C)NC(=O)c1cccc(Cl)c1. The third-order valence-corrected chi connectivity index (χ3v) is 2.68. The molecule has 2 nitrogen and oxygen atoms in total. The second-order valence-electron chi connectivity index (χ2n) is 4.02. The van der Waals surface area contributed by atoms with Crippen molar-refractivity contribution in [1.82, 2.24) is 5.32 Å². The summed E-state index contributed by atoms with van der Waals surface area (Å²) in [5.41, 5.74) is 0.606. The first-order chi connectivity index (χ1) is 7.00. The van der Waals surface area contributed by atoms with Crippen LogP contribution in [0, 0.1) is 5.92 Å². The molecule has 0 saturated heterocycles. The van der Waals surface area contributed by atoms with Crippen molar-refractivity contribution in [3.63, 3.8) is 0 Å². The number of hydrogen-bond donors (Lipinski definition) is 1. The number of carbonyl (C=O) groups is 1. The maximum Gasteiger partial charge on any atom is 0.251 e. The van der Waals surface area contributed by atoms with Crippen molar-refractivity contribution < 1.29 is 4.79 Å². The van der Waals surface area contributed by atoms with E-state index in [9.17, 15) is 4.79 Å². The molecule has 3 heteroatoms. The number of halogens is 1. The lowest BCUT2D eigenvalue weighted by molar-refractivity contribution is 0.0930. The highest BCUT2D eigenvalue weighted by atomic mass is 35.5. The van der Waals surface area contributed by atoms with Crippen molar-refractivity contribution in [2.45, 2.75) is 26.8 Å². The minimum atomic E-state index is -0.0706. The molecule has 0 bridgehead atoms. The summed E-state index contributed by atoms with van der Waals surface area (Å²) >= 11 is 5.81. The lowest BCUT2D eigenvalue weighted by Gasteiger charge is -2.17. The van der Waals surface area contributed by atoms with E-state index in [4.69, 9.17) is 11.6 Å². The van der Waals surface area contributed by atoms with Crippen LogP contribution in [0.1, 0.15) is 31.1 Å². The summed E-state index contributed by atoms with van der Waals surface area (Å²) in [5, 5.41) is 3.51. The van der Waals surface area contributed by atoms with Gasteiger partial charge in [0.15, 0.2) is 0 Å². The largest absolute Gasteiger partial charge is 0.349 e. The summed E-state index contributed by atoms with van der Waals surface area (Å²) in [6, 6.07) is 7.12. The van der Waals surface area contributed by atoms with E-state index in [0.29, 0.717) is 16.5 Å². The first kappa shape index (κ1) is 12.1. The standard InChI is InChI=1S/C12H16ClNO/c1-8(2)9(3)14-12(15)10-5-4-6-11(13)7-10/h4-9H,1-3H3,(H,14,15)/t9-/m0/s1. The summed E-state index contributed by atoms with van der Waals surface area (Å²) in [5.74, 6) is 0.354. The normalized spacial score (nSPS) is 12.6. The molecule has 0 aromatic heterocycles. The van der Waals surface area contributed by atoms with Gasteiger partial charge in [0, 0.05) is 16.6 Å². The van der Waals surface area contributed by atoms with Crippen LogP contribution in [-0.4, -0.2) is 11.9 Å². The Morgan fingerprint density at radius 2 is 2.00 bits per heavy atom. The van der Waals surface area contributed by atoms with Gasteiger partial charge in [-0.1, -0.05) is 31.5 Å². The quantitative estimate of drug-likeness (QED) is 0.842. The fourth-order valence-electron chi connectivity index (χ4n) is 1.09. The summed E-state index contributed by atoms with van der Waals surface area (Å²) in [6.45, 7) is 6.14. The Morgan fingerprint density at radius 3 is 2.53 bits per heavy atom. The fourth-order valence-corrected chi connectivity index (χ4v) is 1.28. The Morgan fingerprint density at radius 1 is 1.33 bits per heavy atom. The molecule has 82 valence electrons.